The predicted molar refractivity (Wildman–Crippen MR) is 102 cm³/mol. The summed E-state index contributed by atoms with van der Waals surface area (Å²) in [4.78, 5) is 25.2. The Morgan fingerprint density at radius 2 is 1.84 bits per heavy atom. The first-order valence-corrected chi connectivity index (χ1v) is 8.69. The molecule has 2 aromatic carbocycles. The summed E-state index contributed by atoms with van der Waals surface area (Å²) in [5, 5.41) is 3.33. The molecule has 0 spiro atoms. The summed E-state index contributed by atoms with van der Waals surface area (Å²) in [7, 11) is 3.44. The van der Waals surface area contributed by atoms with Crippen LogP contribution in [0.5, 0.6) is 5.75 Å². The van der Waals surface area contributed by atoms with Crippen molar-refractivity contribution in [1.29, 1.82) is 0 Å². The van der Waals surface area contributed by atoms with E-state index in [9.17, 15) is 9.59 Å². The number of rotatable bonds is 6. The Balaban J connectivity index is 1.87. The monoisotopic (exact) mass is 424 g/mol. The summed E-state index contributed by atoms with van der Waals surface area (Å²) in [5.74, 6) is 0.287. The van der Waals surface area contributed by atoms with E-state index in [1.165, 1.54) is 0 Å². The average molecular weight is 426 g/mol. The lowest BCUT2D eigenvalue weighted by Crippen LogP contribution is -2.23. The molecule has 0 atom stereocenters. The van der Waals surface area contributed by atoms with Crippen LogP contribution in [0, 0.1) is 0 Å². The van der Waals surface area contributed by atoms with Gasteiger partial charge in [-0.25, -0.2) is 0 Å². The van der Waals surface area contributed by atoms with E-state index < -0.39 is 0 Å². The Bertz CT molecular complexity index is 763. The second-order valence-corrected chi connectivity index (χ2v) is 6.86. The van der Waals surface area contributed by atoms with E-state index in [0.717, 1.165) is 5.56 Å². The van der Waals surface area contributed by atoms with Crippen LogP contribution in [-0.2, 0) is 16.0 Å². The zero-order chi connectivity index (χ0) is 18.4. The zero-order valence-electron chi connectivity index (χ0n) is 13.9. The van der Waals surface area contributed by atoms with Crippen LogP contribution in [-0.4, -0.2) is 37.4 Å². The van der Waals surface area contributed by atoms with E-state index in [1.807, 2.05) is 12.1 Å². The fraction of sp³-hybridized carbons (Fsp3) is 0.222. The van der Waals surface area contributed by atoms with E-state index in [0.29, 0.717) is 27.4 Å². The van der Waals surface area contributed by atoms with Crippen LogP contribution in [0.15, 0.2) is 46.9 Å². The Morgan fingerprint density at radius 1 is 1.16 bits per heavy atom. The van der Waals surface area contributed by atoms with Crippen LogP contribution < -0.4 is 10.1 Å². The fourth-order valence-electron chi connectivity index (χ4n) is 1.97. The quantitative estimate of drug-likeness (QED) is 0.767. The van der Waals surface area contributed by atoms with Crippen LogP contribution in [0.3, 0.4) is 0 Å². The van der Waals surface area contributed by atoms with E-state index in [-0.39, 0.29) is 18.4 Å². The van der Waals surface area contributed by atoms with Gasteiger partial charge in [0.25, 0.3) is 5.91 Å². The second-order valence-electron chi connectivity index (χ2n) is 5.57. The number of anilines is 1. The molecule has 0 saturated heterocycles. The SMILES string of the molecule is CN(C)C(=O)Cc1ccc(NC(=O)COc2ccc(Cl)cc2Br)cc1. The number of benzene rings is 2. The Morgan fingerprint density at radius 3 is 2.44 bits per heavy atom. The van der Waals surface area contributed by atoms with Crippen molar-refractivity contribution in [2.45, 2.75) is 6.42 Å². The number of halogens is 2. The number of nitrogens with one attached hydrogen (secondary N) is 1. The number of carbonyl (C=O) groups excluding carboxylic acids is 2. The molecule has 0 aliphatic rings. The predicted octanol–water partition coefficient (Wildman–Crippen LogP) is 3.75. The van der Waals surface area contributed by atoms with Gasteiger partial charge >= 0.3 is 0 Å². The van der Waals surface area contributed by atoms with Crippen molar-refractivity contribution < 1.29 is 14.3 Å². The lowest BCUT2D eigenvalue weighted by Gasteiger charge is -2.11. The van der Waals surface area contributed by atoms with Gasteiger partial charge in [0.1, 0.15) is 5.75 Å². The highest BCUT2D eigenvalue weighted by molar-refractivity contribution is 9.10. The first kappa shape index (κ1) is 19.3. The minimum atomic E-state index is -0.279. The molecule has 0 aliphatic carbocycles. The van der Waals surface area contributed by atoms with E-state index in [4.69, 9.17) is 16.3 Å². The summed E-state index contributed by atoms with van der Waals surface area (Å²) in [6.45, 7) is -0.124. The number of nitrogens with zero attached hydrogens (tertiary/aromatic N) is 1. The molecule has 0 unspecified atom stereocenters. The summed E-state index contributed by atoms with van der Waals surface area (Å²) in [6, 6.07) is 12.2. The fourth-order valence-corrected chi connectivity index (χ4v) is 2.77. The van der Waals surface area contributed by atoms with Gasteiger partial charge in [0, 0.05) is 24.8 Å². The van der Waals surface area contributed by atoms with Crippen molar-refractivity contribution in [2.24, 2.45) is 0 Å². The lowest BCUT2D eigenvalue weighted by atomic mass is 10.1. The van der Waals surface area contributed by atoms with Gasteiger partial charge in [-0.05, 0) is 51.8 Å². The molecule has 0 radical (unpaired) electrons. The van der Waals surface area contributed by atoms with Crippen molar-refractivity contribution >= 4 is 45.0 Å². The third-order valence-corrected chi connectivity index (χ3v) is 4.20. The lowest BCUT2D eigenvalue weighted by molar-refractivity contribution is -0.128. The van der Waals surface area contributed by atoms with Crippen LogP contribution in [0.25, 0.3) is 0 Å². The van der Waals surface area contributed by atoms with Crippen molar-refractivity contribution in [3.05, 3.63) is 57.5 Å². The van der Waals surface area contributed by atoms with Crippen molar-refractivity contribution in [2.75, 3.05) is 26.0 Å². The van der Waals surface area contributed by atoms with Gasteiger partial charge in [0.15, 0.2) is 6.61 Å². The third kappa shape index (κ3) is 6.07. The van der Waals surface area contributed by atoms with Gasteiger partial charge in [-0.3, -0.25) is 9.59 Å². The van der Waals surface area contributed by atoms with E-state index in [1.54, 1.807) is 49.3 Å². The van der Waals surface area contributed by atoms with Gasteiger partial charge in [-0.15, -0.1) is 0 Å². The molecule has 0 fully saturated rings. The maximum Gasteiger partial charge on any atom is 0.262 e. The van der Waals surface area contributed by atoms with Gasteiger partial charge in [-0.1, -0.05) is 23.7 Å². The Labute approximate surface area is 160 Å². The van der Waals surface area contributed by atoms with Crippen LogP contribution in [0.4, 0.5) is 5.69 Å². The molecule has 0 bridgehead atoms. The molecule has 0 saturated carbocycles. The molecule has 2 amide bonds. The molecule has 0 aromatic heterocycles. The minimum absolute atomic E-state index is 0.0266. The number of hydrogen-bond donors (Lipinski definition) is 1. The highest BCUT2D eigenvalue weighted by Crippen LogP contribution is 2.27. The Hall–Kier alpha value is -2.05. The zero-order valence-corrected chi connectivity index (χ0v) is 16.2. The molecule has 0 heterocycles. The minimum Gasteiger partial charge on any atom is -0.483 e. The summed E-state index contributed by atoms with van der Waals surface area (Å²) >= 11 is 9.19. The van der Waals surface area contributed by atoms with Crippen LogP contribution in [0.2, 0.25) is 5.02 Å². The third-order valence-electron chi connectivity index (χ3n) is 3.34. The molecule has 2 rings (SSSR count). The summed E-state index contributed by atoms with van der Waals surface area (Å²) in [5.41, 5.74) is 1.53. The number of amides is 2. The molecule has 132 valence electrons. The van der Waals surface area contributed by atoms with Gasteiger partial charge < -0.3 is 15.0 Å². The maximum atomic E-state index is 12.0. The largest absolute Gasteiger partial charge is 0.483 e. The second kappa shape index (κ2) is 8.87. The number of ether oxygens (including phenoxy) is 1. The molecular formula is C18H18BrClN2O3. The molecule has 0 aliphatic heterocycles. The topological polar surface area (TPSA) is 58.6 Å². The smallest absolute Gasteiger partial charge is 0.262 e. The normalized spacial score (nSPS) is 10.2. The summed E-state index contributed by atoms with van der Waals surface area (Å²) < 4.78 is 6.14. The molecule has 2 aromatic rings. The van der Waals surface area contributed by atoms with Gasteiger partial charge in [-0.2, -0.15) is 0 Å². The molecule has 1 N–H and O–H groups in total. The summed E-state index contributed by atoms with van der Waals surface area (Å²) in [6.07, 6.45) is 0.328. The molecule has 5 nitrogen and oxygen atoms in total. The van der Waals surface area contributed by atoms with Gasteiger partial charge in [0.2, 0.25) is 5.91 Å². The highest BCUT2D eigenvalue weighted by Gasteiger charge is 2.08. The first-order valence-electron chi connectivity index (χ1n) is 7.52. The van der Waals surface area contributed by atoms with Crippen LogP contribution >= 0.6 is 27.5 Å². The Kier molecular flexibility index (Phi) is 6.84. The van der Waals surface area contributed by atoms with Crippen molar-refractivity contribution in [3.8, 4) is 5.75 Å². The van der Waals surface area contributed by atoms with Crippen molar-refractivity contribution in [3.63, 3.8) is 0 Å². The van der Waals surface area contributed by atoms with E-state index >= 15 is 0 Å². The number of carbonyl (C=O) groups is 2. The molecule has 7 heteroatoms. The first-order chi connectivity index (χ1) is 11.8. The standard InChI is InChI=1S/C18H18BrClN2O3/c1-22(2)18(24)9-12-3-6-14(7-4-12)21-17(23)11-25-16-8-5-13(20)10-15(16)19/h3-8,10H,9,11H2,1-2H3,(H,21,23). The van der Waals surface area contributed by atoms with Crippen molar-refractivity contribution in [1.82, 2.24) is 4.90 Å². The van der Waals surface area contributed by atoms with Crippen LogP contribution in [0.1, 0.15) is 5.56 Å². The maximum absolute atomic E-state index is 12.0. The highest BCUT2D eigenvalue weighted by atomic mass is 79.9. The molecular weight excluding hydrogens is 408 g/mol. The van der Waals surface area contributed by atoms with E-state index in [2.05, 4.69) is 21.2 Å². The molecule has 25 heavy (non-hydrogen) atoms. The average Bonchev–Trinajstić information content (AvgIpc) is 2.55. The number of hydrogen-bond acceptors (Lipinski definition) is 3. The van der Waals surface area contributed by atoms with Gasteiger partial charge in [0.05, 0.1) is 10.9 Å². The number of likely N-dealkylation sites (N-methyl/N-ethyl adjacent to an activating group) is 1.